The number of aryl methyl sites for hydroxylation is 1. The van der Waals surface area contributed by atoms with Crippen molar-refractivity contribution in [2.45, 2.75) is 18.2 Å². The molecule has 9 nitrogen and oxygen atoms in total. The number of hydrogen-bond donors (Lipinski definition) is 2. The van der Waals surface area contributed by atoms with Crippen molar-refractivity contribution >= 4 is 49.8 Å². The lowest BCUT2D eigenvalue weighted by molar-refractivity contribution is -0.116. The summed E-state index contributed by atoms with van der Waals surface area (Å²) in [5, 5.41) is 7.50. The van der Waals surface area contributed by atoms with Gasteiger partial charge in [0.15, 0.2) is 0 Å². The van der Waals surface area contributed by atoms with Gasteiger partial charge in [-0.15, -0.1) is 0 Å². The van der Waals surface area contributed by atoms with Crippen LogP contribution in [0, 0.1) is 6.92 Å². The van der Waals surface area contributed by atoms with E-state index in [1.165, 1.54) is 23.5 Å². The van der Waals surface area contributed by atoms with Crippen molar-refractivity contribution in [3.63, 3.8) is 0 Å². The highest BCUT2D eigenvalue weighted by Gasteiger charge is 2.25. The van der Waals surface area contributed by atoms with Crippen LogP contribution < -0.4 is 15.4 Å². The maximum absolute atomic E-state index is 13.5. The Morgan fingerprint density at radius 1 is 1.03 bits per heavy atom. The standard InChI is InChI=1S/C27H28ClN5O4S/c1-19-17-26(24-18-20(28)3-8-25(24)31-19)30-14-16-33(15-11-27(34)32-21-9-12-29-13-10-21)38(35,36)23-6-4-22(37-2)5-7-23/h3-10,12-13,17-18H,11,14-16H2,1-2H3,(H,30,31)(H,29,32,34). The smallest absolute Gasteiger partial charge is 0.243 e. The van der Waals surface area contributed by atoms with Gasteiger partial charge in [-0.05, 0) is 67.6 Å². The third kappa shape index (κ3) is 6.77. The number of rotatable bonds is 11. The molecule has 0 unspecified atom stereocenters. The number of nitrogens with one attached hydrogen (secondary N) is 2. The highest BCUT2D eigenvalue weighted by atomic mass is 35.5. The predicted molar refractivity (Wildman–Crippen MR) is 149 cm³/mol. The molecule has 2 aromatic carbocycles. The Morgan fingerprint density at radius 3 is 2.47 bits per heavy atom. The molecule has 4 rings (SSSR count). The summed E-state index contributed by atoms with van der Waals surface area (Å²) in [6, 6.07) is 16.8. The van der Waals surface area contributed by atoms with Gasteiger partial charge in [-0.2, -0.15) is 4.31 Å². The molecule has 0 aliphatic heterocycles. The van der Waals surface area contributed by atoms with Crippen LogP contribution in [0.4, 0.5) is 11.4 Å². The first-order valence-electron chi connectivity index (χ1n) is 11.9. The molecule has 2 N–H and O–H groups in total. The molecule has 1 amide bonds. The van der Waals surface area contributed by atoms with Crippen LogP contribution in [0.5, 0.6) is 5.75 Å². The van der Waals surface area contributed by atoms with Crippen molar-refractivity contribution in [3.8, 4) is 5.75 Å². The van der Waals surface area contributed by atoms with E-state index in [-0.39, 0.29) is 30.3 Å². The number of amides is 1. The second-order valence-corrected chi connectivity index (χ2v) is 10.9. The minimum Gasteiger partial charge on any atom is -0.497 e. The fraction of sp³-hybridized carbons (Fsp3) is 0.222. The van der Waals surface area contributed by atoms with Gasteiger partial charge in [0.2, 0.25) is 15.9 Å². The summed E-state index contributed by atoms with van der Waals surface area (Å²) >= 11 is 6.20. The Morgan fingerprint density at radius 2 is 1.76 bits per heavy atom. The zero-order chi connectivity index (χ0) is 27.1. The number of hydrogen-bond acceptors (Lipinski definition) is 7. The highest BCUT2D eigenvalue weighted by Crippen LogP contribution is 2.26. The first-order chi connectivity index (χ1) is 18.3. The van der Waals surface area contributed by atoms with Crippen molar-refractivity contribution in [1.29, 1.82) is 0 Å². The van der Waals surface area contributed by atoms with Crippen LogP contribution in [0.3, 0.4) is 0 Å². The number of nitrogens with zero attached hydrogens (tertiary/aromatic N) is 3. The van der Waals surface area contributed by atoms with Crippen molar-refractivity contribution in [2.24, 2.45) is 0 Å². The number of methoxy groups -OCH3 is 1. The Bertz CT molecular complexity index is 1520. The average Bonchev–Trinajstić information content (AvgIpc) is 2.91. The number of halogens is 1. The summed E-state index contributed by atoms with van der Waals surface area (Å²) in [4.78, 5) is 21.1. The van der Waals surface area contributed by atoms with Crippen molar-refractivity contribution in [3.05, 3.63) is 83.8 Å². The molecule has 0 aliphatic carbocycles. The lowest BCUT2D eigenvalue weighted by Crippen LogP contribution is -2.37. The monoisotopic (exact) mass is 553 g/mol. The lowest BCUT2D eigenvalue weighted by atomic mass is 10.1. The summed E-state index contributed by atoms with van der Waals surface area (Å²) in [6.07, 6.45) is 3.11. The number of ether oxygens (including phenoxy) is 1. The molecular weight excluding hydrogens is 526 g/mol. The van der Waals surface area contributed by atoms with Crippen LogP contribution in [0.25, 0.3) is 10.9 Å². The molecular formula is C27H28ClN5O4S. The zero-order valence-electron chi connectivity index (χ0n) is 21.0. The van der Waals surface area contributed by atoms with E-state index in [0.29, 0.717) is 23.0 Å². The van der Waals surface area contributed by atoms with Crippen LogP contribution in [0.15, 0.2) is 78.0 Å². The summed E-state index contributed by atoms with van der Waals surface area (Å²) in [5.41, 5.74) is 2.99. The molecule has 0 atom stereocenters. The number of benzene rings is 2. The Labute approximate surface area is 226 Å². The van der Waals surface area contributed by atoms with Crippen LogP contribution in [0.1, 0.15) is 12.1 Å². The zero-order valence-corrected chi connectivity index (χ0v) is 22.6. The third-order valence-corrected chi connectivity index (χ3v) is 7.97. The molecule has 4 aromatic rings. The third-order valence-electron chi connectivity index (χ3n) is 5.83. The molecule has 198 valence electrons. The minimum atomic E-state index is -3.89. The number of pyridine rings is 2. The SMILES string of the molecule is COc1ccc(S(=O)(=O)N(CCNc2cc(C)nc3ccc(Cl)cc23)CCC(=O)Nc2ccncc2)cc1. The lowest BCUT2D eigenvalue weighted by Gasteiger charge is -2.23. The van der Waals surface area contributed by atoms with Crippen LogP contribution in [0.2, 0.25) is 5.02 Å². The maximum Gasteiger partial charge on any atom is 0.243 e. The molecule has 11 heteroatoms. The van der Waals surface area contributed by atoms with Crippen LogP contribution in [-0.4, -0.2) is 55.3 Å². The Kier molecular flexibility index (Phi) is 8.77. The van der Waals surface area contributed by atoms with Gasteiger partial charge in [0.1, 0.15) is 5.75 Å². The first-order valence-corrected chi connectivity index (χ1v) is 13.7. The van der Waals surface area contributed by atoms with Gasteiger partial charge in [0, 0.05) is 65.9 Å². The molecule has 0 aliphatic rings. The van der Waals surface area contributed by atoms with Gasteiger partial charge in [0.05, 0.1) is 17.5 Å². The molecule has 0 spiro atoms. The normalized spacial score (nSPS) is 11.5. The average molecular weight is 554 g/mol. The molecule has 2 aromatic heterocycles. The second kappa shape index (κ2) is 12.2. The largest absolute Gasteiger partial charge is 0.497 e. The van der Waals surface area contributed by atoms with Gasteiger partial charge in [-0.3, -0.25) is 14.8 Å². The van der Waals surface area contributed by atoms with E-state index in [4.69, 9.17) is 16.3 Å². The molecule has 0 saturated carbocycles. The van der Waals surface area contributed by atoms with Gasteiger partial charge < -0.3 is 15.4 Å². The molecule has 0 radical (unpaired) electrons. The quantitative estimate of drug-likeness (QED) is 0.276. The number of sulfonamides is 1. The van der Waals surface area contributed by atoms with Crippen LogP contribution >= 0.6 is 11.6 Å². The summed E-state index contributed by atoms with van der Waals surface area (Å²) < 4.78 is 33.5. The fourth-order valence-corrected chi connectivity index (χ4v) is 5.54. The Balaban J connectivity index is 1.52. The van der Waals surface area contributed by atoms with E-state index in [9.17, 15) is 13.2 Å². The van der Waals surface area contributed by atoms with E-state index in [1.807, 2.05) is 25.1 Å². The van der Waals surface area contributed by atoms with E-state index < -0.39 is 10.0 Å². The summed E-state index contributed by atoms with van der Waals surface area (Å²) in [7, 11) is -2.38. The number of carbonyl (C=O) groups is 1. The summed E-state index contributed by atoms with van der Waals surface area (Å²) in [5.74, 6) is 0.247. The number of anilines is 2. The van der Waals surface area contributed by atoms with Gasteiger partial charge in [0.25, 0.3) is 0 Å². The number of aromatic nitrogens is 2. The maximum atomic E-state index is 13.5. The van der Waals surface area contributed by atoms with Crippen molar-refractivity contribution < 1.29 is 17.9 Å². The summed E-state index contributed by atoms with van der Waals surface area (Å²) in [6.45, 7) is 2.31. The molecule has 0 fully saturated rings. The van der Waals surface area contributed by atoms with Gasteiger partial charge in [-0.25, -0.2) is 8.42 Å². The predicted octanol–water partition coefficient (Wildman–Crippen LogP) is 4.73. The molecule has 0 saturated heterocycles. The molecule has 38 heavy (non-hydrogen) atoms. The minimum absolute atomic E-state index is 0.00505. The van der Waals surface area contributed by atoms with Gasteiger partial charge >= 0.3 is 0 Å². The Hall–Kier alpha value is -3.73. The molecule has 2 heterocycles. The van der Waals surface area contributed by atoms with E-state index in [2.05, 4.69) is 20.6 Å². The topological polar surface area (TPSA) is 114 Å². The van der Waals surface area contributed by atoms with Crippen molar-refractivity contribution in [1.82, 2.24) is 14.3 Å². The van der Waals surface area contributed by atoms with Crippen molar-refractivity contribution in [2.75, 3.05) is 37.4 Å². The number of carbonyl (C=O) groups excluding carboxylic acids is 1. The van der Waals surface area contributed by atoms with E-state index in [1.54, 1.807) is 42.7 Å². The first kappa shape index (κ1) is 27.3. The fourth-order valence-electron chi connectivity index (χ4n) is 3.93. The second-order valence-electron chi connectivity index (χ2n) is 8.51. The van der Waals surface area contributed by atoms with Gasteiger partial charge in [-0.1, -0.05) is 11.6 Å². The van der Waals surface area contributed by atoms with E-state index >= 15 is 0 Å². The van der Waals surface area contributed by atoms with E-state index in [0.717, 1.165) is 22.3 Å². The highest BCUT2D eigenvalue weighted by molar-refractivity contribution is 7.89. The number of fused-ring (bicyclic) bond motifs is 1. The van der Waals surface area contributed by atoms with Crippen LogP contribution in [-0.2, 0) is 14.8 Å². The molecule has 0 bridgehead atoms.